The maximum atomic E-state index is 12.4. The second kappa shape index (κ2) is 5.35. The Labute approximate surface area is 147 Å². The van der Waals surface area contributed by atoms with Gasteiger partial charge in [0.15, 0.2) is 0 Å². The lowest BCUT2D eigenvalue weighted by molar-refractivity contribution is 0.0517. The number of imide groups is 2. The lowest BCUT2D eigenvalue weighted by Crippen LogP contribution is -2.45. The van der Waals surface area contributed by atoms with Crippen molar-refractivity contribution >= 4 is 29.5 Å². The highest BCUT2D eigenvalue weighted by Gasteiger charge is 2.37. The zero-order valence-corrected chi connectivity index (χ0v) is 13.5. The molecule has 1 N–H and O–H groups in total. The van der Waals surface area contributed by atoms with Gasteiger partial charge in [-0.25, -0.2) is 0 Å². The summed E-state index contributed by atoms with van der Waals surface area (Å²) in [6.07, 6.45) is 0. The molecular formula is C18H11N3O5. The van der Waals surface area contributed by atoms with Crippen LogP contribution in [0.3, 0.4) is 0 Å². The Morgan fingerprint density at radius 3 is 1.92 bits per heavy atom. The van der Waals surface area contributed by atoms with Gasteiger partial charge in [0.2, 0.25) is 0 Å². The van der Waals surface area contributed by atoms with E-state index in [9.17, 15) is 24.0 Å². The van der Waals surface area contributed by atoms with E-state index in [1.54, 1.807) is 12.1 Å². The minimum absolute atomic E-state index is 0.0526. The SMILES string of the molecule is CN1C(=O)c2ccc(C(=O)NN3C(=O)c4ccccc4C3=O)cc2C1=O. The Morgan fingerprint density at radius 1 is 0.769 bits per heavy atom. The molecule has 0 bridgehead atoms. The Bertz CT molecular complexity index is 1010. The molecule has 2 aromatic rings. The number of hydrogen-bond donors (Lipinski definition) is 1. The molecule has 2 heterocycles. The molecular weight excluding hydrogens is 338 g/mol. The number of nitrogens with one attached hydrogen (secondary N) is 1. The summed E-state index contributed by atoms with van der Waals surface area (Å²) < 4.78 is 0. The molecule has 5 amide bonds. The van der Waals surface area contributed by atoms with Crippen LogP contribution in [0.1, 0.15) is 51.8 Å². The van der Waals surface area contributed by atoms with E-state index in [-0.39, 0.29) is 27.8 Å². The van der Waals surface area contributed by atoms with Crippen LogP contribution in [0.2, 0.25) is 0 Å². The number of amides is 5. The van der Waals surface area contributed by atoms with E-state index in [4.69, 9.17) is 0 Å². The third-order valence-corrected chi connectivity index (χ3v) is 4.36. The Kier molecular flexibility index (Phi) is 3.23. The van der Waals surface area contributed by atoms with Crippen molar-refractivity contribution in [2.75, 3.05) is 7.05 Å². The van der Waals surface area contributed by atoms with E-state index < -0.39 is 29.5 Å². The predicted molar refractivity (Wildman–Crippen MR) is 87.3 cm³/mol. The third-order valence-electron chi connectivity index (χ3n) is 4.36. The standard InChI is InChI=1S/C18H11N3O5/c1-20-15(23)12-7-6-9(8-13(12)16(20)24)14(22)19-21-17(25)10-4-2-3-5-11(10)18(21)26/h2-8H,1H3,(H,19,22). The fourth-order valence-corrected chi connectivity index (χ4v) is 2.96. The number of carbonyl (C=O) groups excluding carboxylic acids is 5. The first-order valence-corrected chi connectivity index (χ1v) is 7.65. The van der Waals surface area contributed by atoms with Gasteiger partial charge in [-0.15, -0.1) is 0 Å². The smallest absolute Gasteiger partial charge is 0.277 e. The molecule has 128 valence electrons. The quantitative estimate of drug-likeness (QED) is 0.810. The lowest BCUT2D eigenvalue weighted by Gasteiger charge is -2.15. The highest BCUT2D eigenvalue weighted by molar-refractivity contribution is 6.23. The fraction of sp³-hybridized carbons (Fsp3) is 0.0556. The Morgan fingerprint density at radius 2 is 1.31 bits per heavy atom. The van der Waals surface area contributed by atoms with Crippen LogP contribution in [-0.2, 0) is 0 Å². The van der Waals surface area contributed by atoms with Gasteiger partial charge in [-0.05, 0) is 30.3 Å². The first kappa shape index (κ1) is 15.7. The third kappa shape index (κ3) is 2.05. The minimum Gasteiger partial charge on any atom is -0.277 e. The van der Waals surface area contributed by atoms with Crippen molar-refractivity contribution in [2.45, 2.75) is 0 Å². The van der Waals surface area contributed by atoms with Gasteiger partial charge >= 0.3 is 0 Å². The van der Waals surface area contributed by atoms with Crippen molar-refractivity contribution in [2.24, 2.45) is 0 Å². The van der Waals surface area contributed by atoms with Gasteiger partial charge in [-0.3, -0.25) is 34.3 Å². The van der Waals surface area contributed by atoms with Gasteiger partial charge in [0.05, 0.1) is 22.3 Å². The summed E-state index contributed by atoms with van der Waals surface area (Å²) in [7, 11) is 1.35. The van der Waals surface area contributed by atoms with Crippen molar-refractivity contribution in [3.05, 3.63) is 70.3 Å². The maximum Gasteiger partial charge on any atom is 0.280 e. The lowest BCUT2D eigenvalue weighted by atomic mass is 10.1. The fourth-order valence-electron chi connectivity index (χ4n) is 2.96. The van der Waals surface area contributed by atoms with Gasteiger partial charge in [0.1, 0.15) is 0 Å². The number of carbonyl (C=O) groups is 5. The molecule has 2 aromatic carbocycles. The van der Waals surface area contributed by atoms with Crippen LogP contribution in [0.4, 0.5) is 0 Å². The van der Waals surface area contributed by atoms with Crippen molar-refractivity contribution in [1.29, 1.82) is 0 Å². The maximum absolute atomic E-state index is 12.4. The van der Waals surface area contributed by atoms with Crippen LogP contribution >= 0.6 is 0 Å². The molecule has 0 aliphatic carbocycles. The molecule has 2 aliphatic heterocycles. The number of nitrogens with zero attached hydrogens (tertiary/aromatic N) is 2. The van der Waals surface area contributed by atoms with Gasteiger partial charge in [0.25, 0.3) is 29.5 Å². The van der Waals surface area contributed by atoms with Crippen LogP contribution in [0, 0.1) is 0 Å². The summed E-state index contributed by atoms with van der Waals surface area (Å²) in [5.74, 6) is -2.97. The predicted octanol–water partition coefficient (Wildman–Crippen LogP) is 0.853. The first-order valence-electron chi connectivity index (χ1n) is 7.65. The van der Waals surface area contributed by atoms with Gasteiger partial charge < -0.3 is 0 Å². The monoisotopic (exact) mass is 349 g/mol. The average Bonchev–Trinajstić information content (AvgIpc) is 3.02. The topological polar surface area (TPSA) is 104 Å². The van der Waals surface area contributed by atoms with E-state index in [0.717, 1.165) is 4.90 Å². The summed E-state index contributed by atoms with van der Waals surface area (Å²) in [6, 6.07) is 10.2. The second-order valence-corrected chi connectivity index (χ2v) is 5.86. The minimum atomic E-state index is -0.739. The zero-order chi connectivity index (χ0) is 18.6. The molecule has 8 heteroatoms. The van der Waals surface area contributed by atoms with Crippen LogP contribution in [-0.4, -0.2) is 46.5 Å². The summed E-state index contributed by atoms with van der Waals surface area (Å²) in [5, 5.41) is 0.638. The number of rotatable bonds is 2. The highest BCUT2D eigenvalue weighted by Crippen LogP contribution is 2.24. The summed E-state index contributed by atoms with van der Waals surface area (Å²) in [6.45, 7) is 0. The van der Waals surface area contributed by atoms with Crippen molar-refractivity contribution in [1.82, 2.24) is 15.3 Å². The van der Waals surface area contributed by atoms with Gasteiger partial charge in [-0.2, -0.15) is 5.01 Å². The average molecular weight is 349 g/mol. The first-order chi connectivity index (χ1) is 12.4. The molecule has 0 radical (unpaired) electrons. The Hall–Kier alpha value is -3.81. The van der Waals surface area contributed by atoms with E-state index in [2.05, 4.69) is 5.43 Å². The molecule has 0 unspecified atom stereocenters. The van der Waals surface area contributed by atoms with Crippen molar-refractivity contribution in [3.8, 4) is 0 Å². The van der Waals surface area contributed by atoms with Crippen LogP contribution in [0.15, 0.2) is 42.5 Å². The molecule has 0 atom stereocenters. The van der Waals surface area contributed by atoms with E-state index in [0.29, 0.717) is 5.01 Å². The van der Waals surface area contributed by atoms with Crippen molar-refractivity contribution in [3.63, 3.8) is 0 Å². The largest absolute Gasteiger partial charge is 0.280 e. The normalized spacial score (nSPS) is 15.4. The molecule has 0 spiro atoms. The van der Waals surface area contributed by atoms with Crippen LogP contribution < -0.4 is 5.43 Å². The van der Waals surface area contributed by atoms with Crippen LogP contribution in [0.25, 0.3) is 0 Å². The van der Waals surface area contributed by atoms with Gasteiger partial charge in [-0.1, -0.05) is 12.1 Å². The Balaban J connectivity index is 1.61. The van der Waals surface area contributed by atoms with E-state index >= 15 is 0 Å². The summed E-state index contributed by atoms with van der Waals surface area (Å²) in [4.78, 5) is 61.9. The molecule has 26 heavy (non-hydrogen) atoms. The molecule has 0 saturated heterocycles. The molecule has 4 rings (SSSR count). The number of benzene rings is 2. The zero-order valence-electron chi connectivity index (χ0n) is 13.5. The van der Waals surface area contributed by atoms with Crippen LogP contribution in [0.5, 0.6) is 0 Å². The number of hydrazine groups is 1. The molecule has 0 aromatic heterocycles. The van der Waals surface area contributed by atoms with E-state index in [1.807, 2.05) is 0 Å². The highest BCUT2D eigenvalue weighted by atomic mass is 16.2. The van der Waals surface area contributed by atoms with Crippen molar-refractivity contribution < 1.29 is 24.0 Å². The molecule has 0 saturated carbocycles. The van der Waals surface area contributed by atoms with E-state index in [1.165, 1.54) is 37.4 Å². The summed E-state index contributed by atoms with van der Waals surface area (Å²) in [5.41, 5.74) is 3.02. The molecule has 2 aliphatic rings. The number of fused-ring (bicyclic) bond motifs is 2. The second-order valence-electron chi connectivity index (χ2n) is 5.86. The summed E-state index contributed by atoms with van der Waals surface area (Å²) >= 11 is 0. The molecule has 0 fully saturated rings. The number of hydrogen-bond acceptors (Lipinski definition) is 5. The molecule has 8 nitrogen and oxygen atoms in total. The van der Waals surface area contributed by atoms with Gasteiger partial charge in [0, 0.05) is 12.6 Å².